The van der Waals surface area contributed by atoms with Crippen molar-refractivity contribution in [2.75, 3.05) is 28.4 Å². The maximum Gasteiger partial charge on any atom is -2.00 e. The second-order valence-electron chi connectivity index (χ2n) is 20.3. The van der Waals surface area contributed by atoms with Gasteiger partial charge < -0.3 is 53.1 Å². The van der Waals surface area contributed by atoms with Gasteiger partial charge in [-0.3, -0.25) is 0 Å². The molecule has 79 heavy (non-hydrogen) atoms. The van der Waals surface area contributed by atoms with Gasteiger partial charge in [-0.05, 0) is 49.4 Å². The number of aliphatic carboxylic acids is 4. The maximum atomic E-state index is 10.7. The van der Waals surface area contributed by atoms with Crippen LogP contribution in [0.25, 0.3) is 0 Å². The first-order valence-corrected chi connectivity index (χ1v) is 37.9. The molecule has 0 fully saturated rings. The third-order valence-corrected chi connectivity index (χ3v) is 19.8. The number of esters is 4. The summed E-state index contributed by atoms with van der Waals surface area (Å²) in [5.41, 5.74) is 0. The molecule has 0 aromatic rings. The third-order valence-electron chi connectivity index (χ3n) is 11.1. The van der Waals surface area contributed by atoms with Crippen molar-refractivity contribution < 1.29 is 77.7 Å². The van der Waals surface area contributed by atoms with Crippen molar-refractivity contribution in [2.45, 2.75) is 248 Å². The monoisotopic (exact) mass is 1430 g/mol. The first-order valence-electron chi connectivity index (χ1n) is 27.8. The second-order valence-corrected chi connectivity index (χ2v) is 31.3. The van der Waals surface area contributed by atoms with Gasteiger partial charge >= 0.3 is 176 Å². The molecule has 0 spiro atoms. The number of hydrogen-bond donors (Lipinski definition) is 4. The molecule has 0 bridgehead atoms. The first kappa shape index (κ1) is 91.8. The van der Waals surface area contributed by atoms with Crippen LogP contribution in [-0.2, 0) is 70.8 Å². The smallest absolute Gasteiger partial charge is 2.00 e. The van der Waals surface area contributed by atoms with Gasteiger partial charge in [-0.25, -0.2) is 0 Å². The molecule has 0 heterocycles. The Morgan fingerprint density at radius 2 is 0.468 bits per heavy atom. The van der Waals surface area contributed by atoms with E-state index in [2.05, 4.69) is 125 Å². The molecular weight excluding hydrogens is 1330 g/mol. The van der Waals surface area contributed by atoms with Crippen LogP contribution < -0.4 is 20.4 Å². The van der Waals surface area contributed by atoms with Crippen LogP contribution in [0, 0.1) is 23.7 Å². The normalized spacial score (nSPS) is 11.8. The average Bonchev–Trinajstić information content (AvgIpc) is 3.37. The van der Waals surface area contributed by atoms with Gasteiger partial charge in [0.1, 0.15) is 0 Å². The van der Waals surface area contributed by atoms with Gasteiger partial charge in [-0.1, -0.05) is 158 Å². The zero-order valence-electron chi connectivity index (χ0n) is 50.1. The minimum Gasteiger partial charge on any atom is -2.00 e. The summed E-state index contributed by atoms with van der Waals surface area (Å²) >= 11 is 14.5. The Morgan fingerprint density at radius 1 is 0.316 bits per heavy atom. The van der Waals surface area contributed by atoms with Gasteiger partial charge in [0.15, 0.2) is 0 Å². The molecule has 4 atom stereocenters. The van der Waals surface area contributed by atoms with Crippen LogP contribution in [0.3, 0.4) is 0 Å². The Bertz CT molecular complexity index is 1270. The van der Waals surface area contributed by atoms with Crippen LogP contribution in [0.1, 0.15) is 209 Å². The Hall–Kier alpha value is -0.893. The number of hydrogen-bond acceptors (Lipinski definition) is 20. The summed E-state index contributed by atoms with van der Waals surface area (Å²) in [5, 5.41) is 38.8. The molecule has 0 aliphatic heterocycles. The van der Waals surface area contributed by atoms with Crippen molar-refractivity contribution in [1.82, 2.24) is 0 Å². The second kappa shape index (κ2) is 67.9. The van der Waals surface area contributed by atoms with Crippen molar-refractivity contribution in [2.24, 2.45) is 23.7 Å². The van der Waals surface area contributed by atoms with Gasteiger partial charge in [-0.15, -0.1) is 0 Å². The van der Waals surface area contributed by atoms with E-state index in [1.165, 1.54) is 79.8 Å². The molecule has 23 heteroatoms. The predicted molar refractivity (Wildman–Crippen MR) is 327 cm³/mol. The maximum absolute atomic E-state index is 10.7. The van der Waals surface area contributed by atoms with Gasteiger partial charge in [-0.2, -0.15) is 50.5 Å². The number of carboxylic acids is 4. The fourth-order valence-electron chi connectivity index (χ4n) is 6.16. The quantitative estimate of drug-likeness (QED) is 0.0149. The standard InChI is InChI=1S/4C10H20O2S.4C4H7O2.S.2Sn/c4*1-8(2)6-4-3-5-7-9(13)10(11)12;4*1-3-4(5)6-2;;;/h4*8-9,13H,3-7H2,1-2H3,(H,11,12);4*1,3H2,2H3;;;/q;;;;;;;;-2;;/p-4. The van der Waals surface area contributed by atoms with Crippen molar-refractivity contribution >= 4 is 154 Å². The number of methoxy groups -OCH3 is 4. The summed E-state index contributed by atoms with van der Waals surface area (Å²) in [6.07, 6.45) is 22.3. The molecule has 4 unspecified atom stereocenters. The molecule has 0 aromatic heterocycles. The Morgan fingerprint density at radius 3 is 0.595 bits per heavy atom. The molecule has 16 nitrogen and oxygen atoms in total. The van der Waals surface area contributed by atoms with Crippen LogP contribution in [0.2, 0.25) is 17.7 Å². The first-order chi connectivity index (χ1) is 36.6. The van der Waals surface area contributed by atoms with Crippen LogP contribution in [-0.4, -0.2) is 139 Å². The van der Waals surface area contributed by atoms with E-state index in [4.69, 9.17) is 0 Å². The number of thiol groups is 4. The fraction of sp³-hybridized carbons (Fsp3) is 0.857. The van der Waals surface area contributed by atoms with Crippen LogP contribution in [0.5, 0.6) is 0 Å². The van der Waals surface area contributed by atoms with Gasteiger partial charge in [0.05, 0.1) is 23.9 Å². The number of carboxylic acid groups (broad SMARTS) is 4. The van der Waals surface area contributed by atoms with Crippen molar-refractivity contribution in [1.29, 1.82) is 0 Å². The molecule has 0 aliphatic carbocycles. The van der Waals surface area contributed by atoms with Gasteiger partial charge in [0.25, 0.3) is 0 Å². The molecule has 0 rings (SSSR count). The van der Waals surface area contributed by atoms with E-state index in [1.807, 2.05) is 0 Å². The third kappa shape index (κ3) is 86.0. The molecule has 468 valence electrons. The molecular formula is C56H104O16S5Sn2-6. The number of rotatable bonds is 40. The molecule has 0 aromatic carbocycles. The van der Waals surface area contributed by atoms with E-state index in [1.54, 1.807) is 0 Å². The fourth-order valence-corrected chi connectivity index (χ4v) is 12.7. The van der Waals surface area contributed by atoms with E-state index in [0.717, 1.165) is 92.8 Å². The summed E-state index contributed by atoms with van der Waals surface area (Å²) in [4.78, 5) is 83.8. The Labute approximate surface area is 527 Å². The minimum absolute atomic E-state index is 0. The summed E-state index contributed by atoms with van der Waals surface area (Å²) in [6.45, 7) is 17.6. The number of carbonyl (C=O) groups is 8. The predicted octanol–water partition coefficient (Wildman–Crippen LogP) is 7.87. The van der Waals surface area contributed by atoms with Crippen molar-refractivity contribution in [3.05, 3.63) is 0 Å². The summed E-state index contributed by atoms with van der Waals surface area (Å²) in [5.74, 6) is -1.84. The zero-order chi connectivity index (χ0) is 61.3. The molecule has 0 N–H and O–H groups in total. The molecule has 0 amide bonds. The minimum atomic E-state index is -1.05. The summed E-state index contributed by atoms with van der Waals surface area (Å²) in [6, 6.07) is 0. The van der Waals surface area contributed by atoms with E-state index >= 15 is 0 Å². The number of carbonyl (C=O) groups excluding carboxylic acids is 8. The zero-order valence-corrected chi connectivity index (χ0v) is 60.2. The molecule has 4 radical (unpaired) electrons. The SMILES string of the molecule is CC(C)CCCCCC(S)C(=O)[O-].CC(C)CCCCCC(S)C(=O)[O-].CC(C)CCCCCC(S)C(=O)[O-].CC(C)CCCCCC(S)C(=O)[O-].COC(=O)C[CH2][Sn][CH2]CC(=O)OC.COC(=O)C[CH2][Sn][CH2]CC(=O)OC.[S-2]. The summed E-state index contributed by atoms with van der Waals surface area (Å²) in [7, 11) is 5.56. The van der Waals surface area contributed by atoms with E-state index < -0.39 is 87.2 Å². The number of unbranched alkanes of at least 4 members (excludes halogenated alkanes) is 8. The van der Waals surface area contributed by atoms with E-state index in [9.17, 15) is 58.8 Å². The Balaban J connectivity index is -0.000000157. The number of ether oxygens (including phenoxy) is 4. The average molecular weight is 1430 g/mol. The molecule has 0 aliphatic rings. The largest absolute Gasteiger partial charge is 2.00 e. The van der Waals surface area contributed by atoms with Gasteiger partial charge in [0.2, 0.25) is 0 Å². The molecule has 0 saturated heterocycles. The van der Waals surface area contributed by atoms with E-state index in [0.29, 0.717) is 51.4 Å². The summed E-state index contributed by atoms with van der Waals surface area (Å²) < 4.78 is 21.7. The van der Waals surface area contributed by atoms with Crippen molar-refractivity contribution in [3.8, 4) is 0 Å². The molecule has 0 saturated carbocycles. The van der Waals surface area contributed by atoms with Crippen molar-refractivity contribution in [3.63, 3.8) is 0 Å². The van der Waals surface area contributed by atoms with Gasteiger partial charge in [0, 0.05) is 21.0 Å². The van der Waals surface area contributed by atoms with Crippen LogP contribution >= 0.6 is 50.5 Å². The topological polar surface area (TPSA) is 266 Å². The van der Waals surface area contributed by atoms with E-state index in [-0.39, 0.29) is 37.4 Å². The van der Waals surface area contributed by atoms with Crippen LogP contribution in [0.4, 0.5) is 0 Å². The Kier molecular flexibility index (Phi) is 78.9. The van der Waals surface area contributed by atoms with Crippen LogP contribution in [0.15, 0.2) is 0 Å².